The Labute approximate surface area is 562 Å². The third-order valence-corrected chi connectivity index (χ3v) is 18.8. The van der Waals surface area contributed by atoms with Crippen LogP contribution in [-0.2, 0) is 65.4 Å². The van der Waals surface area contributed by atoms with Crippen molar-refractivity contribution in [2.24, 2.45) is 17.8 Å². The fraction of sp³-hybridized carbons (Fsp3) is 0.945. The van der Waals surface area contributed by atoms with Gasteiger partial charge in [0, 0.05) is 25.7 Å². The van der Waals surface area contributed by atoms with Crippen LogP contribution in [0.2, 0.25) is 0 Å². The van der Waals surface area contributed by atoms with Crippen LogP contribution in [0.3, 0.4) is 0 Å². The highest BCUT2D eigenvalue weighted by Gasteiger charge is 2.30. The summed E-state index contributed by atoms with van der Waals surface area (Å²) in [5, 5.41) is 10.6. The molecule has 3 N–H and O–H groups in total. The van der Waals surface area contributed by atoms with E-state index in [4.69, 9.17) is 37.0 Å². The van der Waals surface area contributed by atoms with E-state index < -0.39 is 97.5 Å². The lowest BCUT2D eigenvalue weighted by molar-refractivity contribution is -0.161. The molecule has 0 bridgehead atoms. The van der Waals surface area contributed by atoms with E-state index in [1.807, 2.05) is 0 Å². The average molecular weight is 1350 g/mol. The van der Waals surface area contributed by atoms with Gasteiger partial charge in [-0.05, 0) is 43.4 Å². The standard InChI is InChI=1S/C73H142O17P2/c1-8-9-10-11-12-13-14-15-16-21-27-34-42-49-56-72(77)90-69(61-84-71(76)55-48-41-36-29-32-39-46-53-66(6)7)63-88-92(81,82)86-59-67(74)58-85-91(79,80)87-62-68(89-73(78)57-50-43-35-28-23-18-20-25-31-38-45-52-65(4)5)60-83-70(75)54-47-40-33-26-22-17-19-24-30-37-44-51-64(2)3/h64-69,74H,8-63H2,1-7H3,(H,79,80)(H,81,82)/t67-,68-,69-/m1/s1. The summed E-state index contributed by atoms with van der Waals surface area (Å²) in [5.74, 6) is 0.120. The number of esters is 4. The lowest BCUT2D eigenvalue weighted by atomic mass is 10.0. The minimum absolute atomic E-state index is 0.106. The first kappa shape index (κ1) is 90.1. The maximum absolute atomic E-state index is 13.0. The molecule has 92 heavy (non-hydrogen) atoms. The van der Waals surface area contributed by atoms with Gasteiger partial charge in [0.1, 0.15) is 19.3 Å². The van der Waals surface area contributed by atoms with Crippen LogP contribution in [0.5, 0.6) is 0 Å². The molecule has 0 saturated carbocycles. The number of carbonyl (C=O) groups excluding carboxylic acids is 4. The van der Waals surface area contributed by atoms with Crippen LogP contribution in [0, 0.1) is 17.8 Å². The van der Waals surface area contributed by atoms with Crippen molar-refractivity contribution in [3.63, 3.8) is 0 Å². The average Bonchev–Trinajstić information content (AvgIpc) is 1.79. The smallest absolute Gasteiger partial charge is 0.462 e. The molecule has 0 radical (unpaired) electrons. The summed E-state index contributed by atoms with van der Waals surface area (Å²) in [7, 11) is -9.91. The summed E-state index contributed by atoms with van der Waals surface area (Å²) in [6.07, 6.45) is 48.5. The predicted molar refractivity (Wildman–Crippen MR) is 372 cm³/mol. The number of ether oxygens (including phenoxy) is 4. The second-order valence-corrected chi connectivity index (χ2v) is 30.7. The highest BCUT2D eigenvalue weighted by Crippen LogP contribution is 2.45. The molecule has 0 aromatic carbocycles. The highest BCUT2D eigenvalue weighted by molar-refractivity contribution is 7.47. The van der Waals surface area contributed by atoms with Crippen LogP contribution in [0.1, 0.15) is 370 Å². The summed E-state index contributed by atoms with van der Waals surface area (Å²) < 4.78 is 68.4. The molecule has 0 aliphatic heterocycles. The van der Waals surface area contributed by atoms with Gasteiger partial charge >= 0.3 is 39.5 Å². The zero-order chi connectivity index (χ0) is 68.0. The van der Waals surface area contributed by atoms with Gasteiger partial charge in [0.15, 0.2) is 12.2 Å². The summed E-state index contributed by atoms with van der Waals surface area (Å²) in [5.41, 5.74) is 0. The minimum Gasteiger partial charge on any atom is -0.462 e. The molecule has 0 aromatic rings. The van der Waals surface area contributed by atoms with Crippen LogP contribution < -0.4 is 0 Å². The fourth-order valence-corrected chi connectivity index (χ4v) is 12.7. The Balaban J connectivity index is 5.26. The van der Waals surface area contributed by atoms with Crippen LogP contribution in [-0.4, -0.2) is 96.7 Å². The van der Waals surface area contributed by atoms with E-state index in [-0.39, 0.29) is 25.7 Å². The molecular weight excluding hydrogens is 1210 g/mol. The van der Waals surface area contributed by atoms with Crippen molar-refractivity contribution in [3.8, 4) is 0 Å². The molecule has 546 valence electrons. The van der Waals surface area contributed by atoms with Crippen LogP contribution >= 0.6 is 15.6 Å². The number of aliphatic hydroxyl groups is 1. The van der Waals surface area contributed by atoms with Crippen molar-refractivity contribution in [2.45, 2.75) is 388 Å². The number of hydrogen-bond donors (Lipinski definition) is 3. The lowest BCUT2D eigenvalue weighted by Crippen LogP contribution is -2.30. The maximum Gasteiger partial charge on any atom is 0.472 e. The van der Waals surface area contributed by atoms with E-state index in [1.54, 1.807) is 0 Å². The molecule has 5 atom stereocenters. The summed E-state index contributed by atoms with van der Waals surface area (Å²) in [6, 6.07) is 0. The number of phosphoric ester groups is 2. The lowest BCUT2D eigenvalue weighted by Gasteiger charge is -2.21. The molecule has 0 spiro atoms. The molecule has 0 aliphatic carbocycles. The topological polar surface area (TPSA) is 237 Å². The van der Waals surface area contributed by atoms with Gasteiger partial charge in [-0.1, -0.05) is 318 Å². The largest absolute Gasteiger partial charge is 0.472 e. The third-order valence-electron chi connectivity index (χ3n) is 16.9. The van der Waals surface area contributed by atoms with E-state index >= 15 is 0 Å². The Bertz CT molecular complexity index is 1800. The predicted octanol–water partition coefficient (Wildman–Crippen LogP) is 21.0. The molecule has 0 aromatic heterocycles. The molecule has 0 rings (SSSR count). The fourth-order valence-electron chi connectivity index (χ4n) is 11.1. The molecule has 0 fully saturated rings. The van der Waals surface area contributed by atoms with Gasteiger partial charge in [-0.25, -0.2) is 9.13 Å². The van der Waals surface area contributed by atoms with E-state index in [1.165, 1.54) is 173 Å². The summed E-state index contributed by atoms with van der Waals surface area (Å²) in [6.45, 7) is 11.8. The Kier molecular flexibility index (Phi) is 62.4. The van der Waals surface area contributed by atoms with Crippen molar-refractivity contribution in [2.75, 3.05) is 39.6 Å². The first-order chi connectivity index (χ1) is 44.2. The molecule has 0 saturated heterocycles. The van der Waals surface area contributed by atoms with Gasteiger partial charge in [0.2, 0.25) is 0 Å². The second kappa shape index (κ2) is 63.8. The molecule has 2 unspecified atom stereocenters. The Hall–Kier alpha value is -1.94. The van der Waals surface area contributed by atoms with Crippen molar-refractivity contribution in [1.82, 2.24) is 0 Å². The monoisotopic (exact) mass is 1350 g/mol. The van der Waals surface area contributed by atoms with E-state index in [9.17, 15) is 43.2 Å². The summed E-state index contributed by atoms with van der Waals surface area (Å²) in [4.78, 5) is 72.7. The van der Waals surface area contributed by atoms with Gasteiger partial charge in [-0.15, -0.1) is 0 Å². The van der Waals surface area contributed by atoms with Crippen LogP contribution in [0.15, 0.2) is 0 Å². The van der Waals surface area contributed by atoms with Gasteiger partial charge in [0.25, 0.3) is 0 Å². The number of rotatable bonds is 71. The van der Waals surface area contributed by atoms with E-state index in [2.05, 4.69) is 48.5 Å². The summed E-state index contributed by atoms with van der Waals surface area (Å²) >= 11 is 0. The minimum atomic E-state index is -4.95. The van der Waals surface area contributed by atoms with Gasteiger partial charge in [-0.2, -0.15) is 0 Å². The number of hydrogen-bond acceptors (Lipinski definition) is 15. The Morgan fingerprint density at radius 1 is 0.293 bits per heavy atom. The normalized spacial score (nSPS) is 14.1. The van der Waals surface area contributed by atoms with E-state index in [0.29, 0.717) is 31.6 Å². The van der Waals surface area contributed by atoms with E-state index in [0.717, 1.165) is 108 Å². The Morgan fingerprint density at radius 2 is 0.500 bits per heavy atom. The van der Waals surface area contributed by atoms with Crippen molar-refractivity contribution in [1.29, 1.82) is 0 Å². The third kappa shape index (κ3) is 66.7. The molecule has 19 heteroatoms. The highest BCUT2D eigenvalue weighted by atomic mass is 31.2. The molecule has 17 nitrogen and oxygen atoms in total. The van der Waals surface area contributed by atoms with Crippen molar-refractivity contribution >= 4 is 39.5 Å². The number of unbranched alkanes of at least 4 members (excludes halogenated alkanes) is 39. The number of phosphoric acid groups is 2. The van der Waals surface area contributed by atoms with Crippen molar-refractivity contribution < 1.29 is 80.2 Å². The zero-order valence-corrected chi connectivity index (χ0v) is 61.8. The first-order valence-corrected chi connectivity index (χ1v) is 40.8. The zero-order valence-electron chi connectivity index (χ0n) is 60.0. The molecular formula is C73H142O17P2. The maximum atomic E-state index is 13.0. The SMILES string of the molecule is CCCCCCCCCCCCCCCCC(=O)O[C@H](COC(=O)CCCCCCCCCC(C)C)COP(=O)(O)OC[C@H](O)COP(=O)(O)OC[C@@H](COC(=O)CCCCCCCCCCCCCC(C)C)OC(=O)CCCCCCCCCCCCCC(C)C. The van der Waals surface area contributed by atoms with Gasteiger partial charge in [-0.3, -0.25) is 37.3 Å². The molecule has 0 aliphatic rings. The van der Waals surface area contributed by atoms with Crippen LogP contribution in [0.4, 0.5) is 0 Å². The first-order valence-electron chi connectivity index (χ1n) is 37.8. The molecule has 0 amide bonds. The second-order valence-electron chi connectivity index (χ2n) is 27.8. The number of carbonyl (C=O) groups is 4. The van der Waals surface area contributed by atoms with Crippen LogP contribution in [0.25, 0.3) is 0 Å². The van der Waals surface area contributed by atoms with Gasteiger partial charge in [0.05, 0.1) is 26.4 Å². The number of aliphatic hydroxyl groups excluding tert-OH is 1. The Morgan fingerprint density at radius 3 is 0.739 bits per heavy atom. The van der Waals surface area contributed by atoms with Gasteiger partial charge < -0.3 is 33.8 Å². The van der Waals surface area contributed by atoms with Crippen molar-refractivity contribution in [3.05, 3.63) is 0 Å². The molecule has 0 heterocycles. The quantitative estimate of drug-likeness (QED) is 0.0222.